The van der Waals surface area contributed by atoms with Crippen LogP contribution in [0.25, 0.3) is 0 Å². The molecule has 2 N–H and O–H groups in total. The molecule has 5 nitrogen and oxygen atoms in total. The van der Waals surface area contributed by atoms with E-state index in [1.165, 1.54) is 5.56 Å². The van der Waals surface area contributed by atoms with Crippen molar-refractivity contribution in [3.63, 3.8) is 0 Å². The molecule has 0 saturated heterocycles. The number of carbonyl (C=O) groups is 1. The maximum absolute atomic E-state index is 11.9. The average Bonchev–Trinajstić information content (AvgIpc) is 2.77. The van der Waals surface area contributed by atoms with Gasteiger partial charge in [0.25, 0.3) is 5.91 Å². The van der Waals surface area contributed by atoms with Gasteiger partial charge in [0, 0.05) is 11.3 Å². The van der Waals surface area contributed by atoms with Crippen molar-refractivity contribution in [3.8, 4) is 5.75 Å². The van der Waals surface area contributed by atoms with Crippen molar-refractivity contribution >= 4 is 11.7 Å². The molecule has 2 aromatic rings. The highest BCUT2D eigenvalue weighted by molar-refractivity contribution is 5.91. The lowest BCUT2D eigenvalue weighted by molar-refractivity contribution is -0.118. The summed E-state index contributed by atoms with van der Waals surface area (Å²) in [6.45, 7) is 8.02. The number of nitrogens with zero attached hydrogens (tertiary/aromatic N) is 1. The Morgan fingerprint density at radius 3 is 2.76 bits per heavy atom. The smallest absolute Gasteiger partial charge is 0.263 e. The number of ether oxygens (including phenoxy) is 1. The first kappa shape index (κ1) is 15.1. The van der Waals surface area contributed by atoms with Crippen LogP contribution in [0.15, 0.2) is 24.3 Å². The molecule has 0 aliphatic rings. The molecule has 0 aliphatic carbocycles. The third-order valence-electron chi connectivity index (χ3n) is 3.41. The summed E-state index contributed by atoms with van der Waals surface area (Å²) in [5.41, 5.74) is 3.06. The van der Waals surface area contributed by atoms with Crippen molar-refractivity contribution in [2.45, 2.75) is 33.6 Å². The van der Waals surface area contributed by atoms with Gasteiger partial charge in [-0.05, 0) is 37.5 Å². The summed E-state index contributed by atoms with van der Waals surface area (Å²) in [4.78, 5) is 11.9. The van der Waals surface area contributed by atoms with E-state index >= 15 is 0 Å². The van der Waals surface area contributed by atoms with Gasteiger partial charge in [-0.2, -0.15) is 5.10 Å². The zero-order chi connectivity index (χ0) is 15.4. The van der Waals surface area contributed by atoms with Crippen LogP contribution < -0.4 is 10.1 Å². The lowest BCUT2D eigenvalue weighted by Crippen LogP contribution is -2.20. The van der Waals surface area contributed by atoms with Gasteiger partial charge in [-0.3, -0.25) is 9.89 Å². The second-order valence-electron chi connectivity index (χ2n) is 5.39. The zero-order valence-electron chi connectivity index (χ0n) is 12.9. The molecule has 0 saturated carbocycles. The molecule has 0 unspecified atom stereocenters. The molecule has 0 bridgehead atoms. The van der Waals surface area contributed by atoms with E-state index < -0.39 is 0 Å². The fourth-order valence-corrected chi connectivity index (χ4v) is 1.89. The van der Waals surface area contributed by atoms with Crippen molar-refractivity contribution in [2.75, 3.05) is 11.9 Å². The standard InChI is InChI=1S/C16H21N3O2/c1-10(2)13-6-5-7-14(8-13)21-9-15(20)17-16-11(3)12(4)18-19-16/h5-8,10H,9H2,1-4H3,(H2,17,18,19,20). The molecule has 1 aromatic carbocycles. The third kappa shape index (κ3) is 3.84. The van der Waals surface area contributed by atoms with E-state index in [4.69, 9.17) is 4.74 Å². The average molecular weight is 287 g/mol. The van der Waals surface area contributed by atoms with Crippen LogP contribution in [0.4, 0.5) is 5.82 Å². The highest BCUT2D eigenvalue weighted by Crippen LogP contribution is 2.20. The van der Waals surface area contributed by atoms with Crippen LogP contribution in [0.5, 0.6) is 5.75 Å². The van der Waals surface area contributed by atoms with E-state index in [0.717, 1.165) is 11.3 Å². The number of H-pyrrole nitrogens is 1. The van der Waals surface area contributed by atoms with Crippen LogP contribution in [0.2, 0.25) is 0 Å². The largest absolute Gasteiger partial charge is 0.484 e. The van der Waals surface area contributed by atoms with E-state index in [9.17, 15) is 4.79 Å². The minimum absolute atomic E-state index is 0.0348. The molecular formula is C16H21N3O2. The highest BCUT2D eigenvalue weighted by atomic mass is 16.5. The van der Waals surface area contributed by atoms with E-state index in [-0.39, 0.29) is 12.5 Å². The minimum atomic E-state index is -0.223. The first-order valence-electron chi connectivity index (χ1n) is 7.01. The predicted octanol–water partition coefficient (Wildman–Crippen LogP) is 3.17. The van der Waals surface area contributed by atoms with Gasteiger partial charge in [-0.1, -0.05) is 26.0 Å². The Hall–Kier alpha value is -2.30. The van der Waals surface area contributed by atoms with Crippen molar-refractivity contribution < 1.29 is 9.53 Å². The van der Waals surface area contributed by atoms with Gasteiger partial charge >= 0.3 is 0 Å². The number of nitrogens with one attached hydrogen (secondary N) is 2. The molecule has 2 rings (SSSR count). The minimum Gasteiger partial charge on any atom is -0.484 e. The van der Waals surface area contributed by atoms with Gasteiger partial charge in [0.1, 0.15) is 5.75 Å². The lowest BCUT2D eigenvalue weighted by atomic mass is 10.0. The highest BCUT2D eigenvalue weighted by Gasteiger charge is 2.10. The van der Waals surface area contributed by atoms with Crippen molar-refractivity contribution in [2.24, 2.45) is 0 Å². The molecule has 0 atom stereocenters. The van der Waals surface area contributed by atoms with Crippen LogP contribution in [-0.4, -0.2) is 22.7 Å². The summed E-state index contributed by atoms with van der Waals surface area (Å²) >= 11 is 0. The SMILES string of the molecule is Cc1[nH]nc(NC(=O)COc2cccc(C(C)C)c2)c1C. The number of anilines is 1. The topological polar surface area (TPSA) is 67.0 Å². The molecule has 0 fully saturated rings. The van der Waals surface area contributed by atoms with Gasteiger partial charge in [-0.15, -0.1) is 0 Å². The second kappa shape index (κ2) is 6.43. The van der Waals surface area contributed by atoms with E-state index in [0.29, 0.717) is 17.5 Å². The first-order chi connectivity index (χ1) is 9.97. The molecule has 1 aromatic heterocycles. The molecule has 21 heavy (non-hydrogen) atoms. The summed E-state index contributed by atoms with van der Waals surface area (Å²) in [7, 11) is 0. The summed E-state index contributed by atoms with van der Waals surface area (Å²) in [5, 5.41) is 9.60. The zero-order valence-corrected chi connectivity index (χ0v) is 12.9. The van der Waals surface area contributed by atoms with E-state index in [1.54, 1.807) is 0 Å². The Bertz CT molecular complexity index is 632. The van der Waals surface area contributed by atoms with Crippen LogP contribution in [0.3, 0.4) is 0 Å². The second-order valence-corrected chi connectivity index (χ2v) is 5.39. The van der Waals surface area contributed by atoms with Gasteiger partial charge in [0.2, 0.25) is 0 Å². The van der Waals surface area contributed by atoms with Gasteiger partial charge in [0.05, 0.1) is 0 Å². The molecule has 112 valence electrons. The maximum Gasteiger partial charge on any atom is 0.263 e. The number of aryl methyl sites for hydroxylation is 1. The quantitative estimate of drug-likeness (QED) is 0.887. The number of carbonyl (C=O) groups excluding carboxylic acids is 1. The van der Waals surface area contributed by atoms with E-state index in [2.05, 4.69) is 29.4 Å². The number of benzene rings is 1. The Kier molecular flexibility index (Phi) is 4.62. The molecule has 1 amide bonds. The molecule has 0 spiro atoms. The summed E-state index contributed by atoms with van der Waals surface area (Å²) < 4.78 is 5.53. The predicted molar refractivity (Wildman–Crippen MR) is 82.7 cm³/mol. The van der Waals surface area contributed by atoms with Gasteiger partial charge in [-0.25, -0.2) is 0 Å². The monoisotopic (exact) mass is 287 g/mol. The number of rotatable bonds is 5. The number of amides is 1. The third-order valence-corrected chi connectivity index (χ3v) is 3.41. The number of aromatic nitrogens is 2. The Morgan fingerprint density at radius 1 is 1.38 bits per heavy atom. The van der Waals surface area contributed by atoms with Crippen LogP contribution >= 0.6 is 0 Å². The van der Waals surface area contributed by atoms with E-state index in [1.807, 2.05) is 38.1 Å². The molecule has 1 heterocycles. The van der Waals surface area contributed by atoms with Crippen LogP contribution in [0, 0.1) is 13.8 Å². The first-order valence-corrected chi connectivity index (χ1v) is 7.01. The Labute approximate surface area is 124 Å². The maximum atomic E-state index is 11.9. The molecule has 0 radical (unpaired) electrons. The van der Waals surface area contributed by atoms with Crippen LogP contribution in [0.1, 0.15) is 36.6 Å². The van der Waals surface area contributed by atoms with Gasteiger partial charge in [0.15, 0.2) is 12.4 Å². The Morgan fingerprint density at radius 2 is 2.14 bits per heavy atom. The number of hydrogen-bond donors (Lipinski definition) is 2. The number of aromatic amines is 1. The summed E-state index contributed by atoms with van der Waals surface area (Å²) in [5.74, 6) is 1.46. The fourth-order valence-electron chi connectivity index (χ4n) is 1.89. The fraction of sp³-hybridized carbons (Fsp3) is 0.375. The van der Waals surface area contributed by atoms with Crippen LogP contribution in [-0.2, 0) is 4.79 Å². The number of hydrogen-bond acceptors (Lipinski definition) is 3. The lowest BCUT2D eigenvalue weighted by Gasteiger charge is -2.10. The van der Waals surface area contributed by atoms with Crippen molar-refractivity contribution in [1.29, 1.82) is 0 Å². The summed E-state index contributed by atoms with van der Waals surface area (Å²) in [6, 6.07) is 7.79. The van der Waals surface area contributed by atoms with Gasteiger partial charge < -0.3 is 10.1 Å². The molecular weight excluding hydrogens is 266 g/mol. The molecule has 0 aliphatic heterocycles. The van der Waals surface area contributed by atoms with Crippen molar-refractivity contribution in [1.82, 2.24) is 10.2 Å². The Balaban J connectivity index is 1.92. The van der Waals surface area contributed by atoms with Crippen molar-refractivity contribution in [3.05, 3.63) is 41.1 Å². The molecule has 5 heteroatoms. The normalized spacial score (nSPS) is 10.7. The summed E-state index contributed by atoms with van der Waals surface area (Å²) in [6.07, 6.45) is 0.